The zero-order valence-electron chi connectivity index (χ0n) is 16.1. The second-order valence-electron chi connectivity index (χ2n) is 7.89. The molecule has 0 spiro atoms. The molecule has 0 radical (unpaired) electrons. The number of halogens is 1. The number of nitrogens with one attached hydrogen (secondary N) is 1. The monoisotopic (exact) mass is 397 g/mol. The molecule has 1 aliphatic carbocycles. The highest BCUT2D eigenvalue weighted by Gasteiger charge is 2.50. The summed E-state index contributed by atoms with van der Waals surface area (Å²) in [6, 6.07) is 9.89. The fourth-order valence-electron chi connectivity index (χ4n) is 3.84. The summed E-state index contributed by atoms with van der Waals surface area (Å²) in [5.41, 5.74) is 7.61. The molecular formula is C21H24ClN5O. The Kier molecular flexibility index (Phi) is 5.85. The Hall–Kier alpha value is -2.65. The number of aromatic nitrogens is 2. The minimum atomic E-state index is -0.257. The topological polar surface area (TPSA) is 105 Å². The maximum absolute atomic E-state index is 11.6. The molecule has 1 aromatic carbocycles. The summed E-state index contributed by atoms with van der Waals surface area (Å²) < 4.78 is 0. The third-order valence-corrected chi connectivity index (χ3v) is 6.06. The van der Waals surface area contributed by atoms with E-state index in [1.807, 2.05) is 38.1 Å². The van der Waals surface area contributed by atoms with Gasteiger partial charge in [0.15, 0.2) is 0 Å². The maximum Gasteiger partial charge on any atom is 0.222 e. The summed E-state index contributed by atoms with van der Waals surface area (Å²) >= 11 is 6.01. The molecule has 0 unspecified atom stereocenters. The Balaban J connectivity index is 1.65. The molecule has 1 aliphatic rings. The highest BCUT2D eigenvalue weighted by atomic mass is 35.5. The number of primary amides is 1. The van der Waals surface area contributed by atoms with Crippen molar-refractivity contribution >= 4 is 23.5 Å². The Morgan fingerprint density at radius 2 is 2.25 bits per heavy atom. The summed E-state index contributed by atoms with van der Waals surface area (Å²) in [6.45, 7) is 4.76. The highest BCUT2D eigenvalue weighted by Crippen LogP contribution is 2.52. The average Bonchev–Trinajstić information content (AvgIpc) is 2.64. The number of amides is 1. The third-order valence-electron chi connectivity index (χ3n) is 5.83. The maximum atomic E-state index is 11.6. The van der Waals surface area contributed by atoms with Gasteiger partial charge in [-0.15, -0.1) is 0 Å². The first kappa shape index (κ1) is 20.1. The number of rotatable bonds is 7. The van der Waals surface area contributed by atoms with Crippen LogP contribution in [0.25, 0.3) is 0 Å². The minimum absolute atomic E-state index is 0.125. The molecule has 7 heteroatoms. The number of nitriles is 1. The predicted molar refractivity (Wildman–Crippen MR) is 109 cm³/mol. The zero-order valence-corrected chi connectivity index (χ0v) is 16.8. The molecule has 146 valence electrons. The largest absolute Gasteiger partial charge is 0.369 e. The Bertz CT molecular complexity index is 921. The van der Waals surface area contributed by atoms with Crippen molar-refractivity contribution in [3.05, 3.63) is 52.3 Å². The van der Waals surface area contributed by atoms with E-state index in [1.165, 1.54) is 0 Å². The van der Waals surface area contributed by atoms with Crippen molar-refractivity contribution in [3.8, 4) is 6.07 Å². The number of benzene rings is 1. The molecule has 3 rings (SSSR count). The van der Waals surface area contributed by atoms with Crippen molar-refractivity contribution in [2.45, 2.75) is 33.1 Å². The molecule has 0 bridgehead atoms. The van der Waals surface area contributed by atoms with Crippen LogP contribution in [0.3, 0.4) is 0 Å². The van der Waals surface area contributed by atoms with E-state index in [9.17, 15) is 10.1 Å². The van der Waals surface area contributed by atoms with Gasteiger partial charge in [-0.2, -0.15) is 5.26 Å². The Morgan fingerprint density at radius 3 is 2.89 bits per heavy atom. The van der Waals surface area contributed by atoms with Crippen molar-refractivity contribution in [1.82, 2.24) is 9.97 Å². The van der Waals surface area contributed by atoms with Gasteiger partial charge in [-0.25, -0.2) is 9.97 Å². The smallest absolute Gasteiger partial charge is 0.222 e. The Labute approximate surface area is 170 Å². The van der Waals surface area contributed by atoms with E-state index < -0.39 is 0 Å². The molecule has 1 aromatic heterocycles. The molecule has 1 fully saturated rings. The van der Waals surface area contributed by atoms with E-state index >= 15 is 0 Å². The van der Waals surface area contributed by atoms with Crippen molar-refractivity contribution in [1.29, 1.82) is 5.26 Å². The second-order valence-corrected chi connectivity index (χ2v) is 8.32. The van der Waals surface area contributed by atoms with Crippen molar-refractivity contribution in [2.75, 3.05) is 11.9 Å². The van der Waals surface area contributed by atoms with Gasteiger partial charge in [-0.05, 0) is 48.3 Å². The molecule has 6 nitrogen and oxygen atoms in total. The summed E-state index contributed by atoms with van der Waals surface area (Å²) in [4.78, 5) is 20.4. The van der Waals surface area contributed by atoms with Gasteiger partial charge in [0.05, 0.1) is 17.5 Å². The van der Waals surface area contributed by atoms with Crippen LogP contribution in [0, 0.1) is 28.6 Å². The number of carbonyl (C=O) groups is 1. The standard InChI is InChI=1S/C21H24ClN5O/c1-21(2)15(9-17(21)19(24)28)10-18-14(11-23)12-26-20(27-18)25-7-6-13-4-3-5-16(22)8-13/h3-5,8,12,15,17H,6-7,9-10H2,1-2H3,(H2,24,28)(H,25,26,27)/t15-,17-/m1/s1. The van der Waals surface area contributed by atoms with Crippen LogP contribution in [-0.4, -0.2) is 22.4 Å². The number of hydrogen-bond acceptors (Lipinski definition) is 5. The van der Waals surface area contributed by atoms with Gasteiger partial charge in [0, 0.05) is 17.5 Å². The average molecular weight is 398 g/mol. The van der Waals surface area contributed by atoms with Crippen LogP contribution >= 0.6 is 11.6 Å². The number of anilines is 1. The molecule has 1 heterocycles. The number of nitrogens with zero attached hydrogens (tertiary/aromatic N) is 3. The lowest BCUT2D eigenvalue weighted by atomic mass is 9.53. The fourth-order valence-corrected chi connectivity index (χ4v) is 4.05. The van der Waals surface area contributed by atoms with Crippen LogP contribution in [0.4, 0.5) is 5.95 Å². The first-order valence-corrected chi connectivity index (χ1v) is 9.72. The van der Waals surface area contributed by atoms with Crippen LogP contribution in [0.15, 0.2) is 30.5 Å². The van der Waals surface area contributed by atoms with E-state index in [0.29, 0.717) is 35.2 Å². The van der Waals surface area contributed by atoms with E-state index in [4.69, 9.17) is 17.3 Å². The van der Waals surface area contributed by atoms with E-state index in [-0.39, 0.29) is 23.2 Å². The van der Waals surface area contributed by atoms with Crippen LogP contribution in [0.5, 0.6) is 0 Å². The molecule has 0 saturated heterocycles. The number of nitrogens with two attached hydrogens (primary N) is 1. The van der Waals surface area contributed by atoms with Gasteiger partial charge >= 0.3 is 0 Å². The lowest BCUT2D eigenvalue weighted by Crippen LogP contribution is -2.51. The number of carbonyl (C=O) groups excluding carboxylic acids is 1. The normalized spacial score (nSPS) is 20.1. The van der Waals surface area contributed by atoms with E-state index in [1.54, 1.807) is 6.20 Å². The minimum Gasteiger partial charge on any atom is -0.369 e. The quantitative estimate of drug-likeness (QED) is 0.745. The van der Waals surface area contributed by atoms with Crippen LogP contribution < -0.4 is 11.1 Å². The van der Waals surface area contributed by atoms with Gasteiger partial charge in [-0.3, -0.25) is 4.79 Å². The van der Waals surface area contributed by atoms with Crippen LogP contribution in [-0.2, 0) is 17.6 Å². The molecule has 0 aliphatic heterocycles. The molecule has 28 heavy (non-hydrogen) atoms. The van der Waals surface area contributed by atoms with Crippen molar-refractivity contribution < 1.29 is 4.79 Å². The zero-order chi connectivity index (χ0) is 20.3. The lowest BCUT2D eigenvalue weighted by Gasteiger charge is -2.50. The third kappa shape index (κ3) is 4.26. The SMILES string of the molecule is CC1(C)[C@@H](Cc2nc(NCCc3cccc(Cl)c3)ncc2C#N)C[C@@H]1C(N)=O. The van der Waals surface area contributed by atoms with Gasteiger partial charge in [0.2, 0.25) is 11.9 Å². The molecule has 2 atom stereocenters. The summed E-state index contributed by atoms with van der Waals surface area (Å²) in [5.74, 6) is 0.374. The predicted octanol–water partition coefficient (Wildman–Crippen LogP) is 3.35. The molecular weight excluding hydrogens is 374 g/mol. The Morgan fingerprint density at radius 1 is 1.46 bits per heavy atom. The van der Waals surface area contributed by atoms with Gasteiger partial charge in [0.25, 0.3) is 0 Å². The van der Waals surface area contributed by atoms with Gasteiger partial charge < -0.3 is 11.1 Å². The molecule has 3 N–H and O–H groups in total. The molecule has 1 amide bonds. The lowest BCUT2D eigenvalue weighted by molar-refractivity contribution is -0.137. The van der Waals surface area contributed by atoms with Crippen molar-refractivity contribution in [2.24, 2.45) is 23.0 Å². The summed E-state index contributed by atoms with van der Waals surface area (Å²) in [6.07, 6.45) is 3.70. The van der Waals surface area contributed by atoms with Gasteiger partial charge in [-0.1, -0.05) is 37.6 Å². The van der Waals surface area contributed by atoms with Crippen LogP contribution in [0.2, 0.25) is 5.02 Å². The van der Waals surface area contributed by atoms with Crippen molar-refractivity contribution in [3.63, 3.8) is 0 Å². The number of hydrogen-bond donors (Lipinski definition) is 2. The summed E-state index contributed by atoms with van der Waals surface area (Å²) in [5, 5.41) is 13.3. The van der Waals surface area contributed by atoms with Gasteiger partial charge in [0.1, 0.15) is 6.07 Å². The van der Waals surface area contributed by atoms with E-state index in [0.717, 1.165) is 18.4 Å². The molecule has 2 aromatic rings. The first-order chi connectivity index (χ1) is 13.3. The fraction of sp³-hybridized carbons (Fsp3) is 0.429. The highest BCUT2D eigenvalue weighted by molar-refractivity contribution is 6.30. The summed E-state index contributed by atoms with van der Waals surface area (Å²) in [7, 11) is 0. The van der Waals surface area contributed by atoms with Crippen LogP contribution in [0.1, 0.15) is 37.1 Å². The first-order valence-electron chi connectivity index (χ1n) is 9.35. The molecule has 1 saturated carbocycles. The van der Waals surface area contributed by atoms with E-state index in [2.05, 4.69) is 21.4 Å². The second kappa shape index (κ2) is 8.15.